The number of benzene rings is 2. The van der Waals surface area contributed by atoms with E-state index >= 15 is 0 Å². The molecule has 4 aliphatic rings. The summed E-state index contributed by atoms with van der Waals surface area (Å²) >= 11 is 1.63. The fraction of sp³-hybridized carbons (Fsp3) is 0.500. The van der Waals surface area contributed by atoms with Crippen LogP contribution in [0.15, 0.2) is 41.8 Å². The number of carbonyl (C=O) groups is 1. The van der Waals surface area contributed by atoms with E-state index in [1.54, 1.807) is 11.3 Å². The van der Waals surface area contributed by atoms with Crippen LogP contribution in [0.2, 0.25) is 0 Å². The number of anilines is 1. The fourth-order valence-electron chi connectivity index (χ4n) is 6.90. The summed E-state index contributed by atoms with van der Waals surface area (Å²) in [6.45, 7) is 8.07. The second-order valence-electron chi connectivity index (χ2n) is 12.0. The molecule has 2 aromatic carbocycles. The molecule has 3 aliphatic heterocycles. The minimum Gasteiger partial charge on any atom is -0.488 e. The first-order chi connectivity index (χ1) is 19.5. The van der Waals surface area contributed by atoms with Crippen molar-refractivity contribution in [1.29, 1.82) is 0 Å². The number of carboxylic acids is 1. The van der Waals surface area contributed by atoms with Crippen LogP contribution in [-0.4, -0.2) is 59.8 Å². The van der Waals surface area contributed by atoms with Crippen LogP contribution < -0.4 is 9.64 Å². The Kier molecular flexibility index (Phi) is 6.80. The van der Waals surface area contributed by atoms with Crippen LogP contribution in [0.25, 0.3) is 11.3 Å². The molecule has 8 heteroatoms. The van der Waals surface area contributed by atoms with Gasteiger partial charge in [0, 0.05) is 56.4 Å². The number of ether oxygens (including phenoxy) is 2. The largest absolute Gasteiger partial charge is 0.488 e. The van der Waals surface area contributed by atoms with Crippen LogP contribution in [0.5, 0.6) is 5.75 Å². The first-order valence-electron chi connectivity index (χ1n) is 14.6. The van der Waals surface area contributed by atoms with Gasteiger partial charge in [-0.3, -0.25) is 9.69 Å². The van der Waals surface area contributed by atoms with Crippen molar-refractivity contribution in [3.8, 4) is 17.0 Å². The number of aryl methyl sites for hydroxylation is 1. The molecule has 0 spiro atoms. The molecule has 3 fully saturated rings. The Labute approximate surface area is 239 Å². The highest BCUT2D eigenvalue weighted by Crippen LogP contribution is 2.58. The van der Waals surface area contributed by atoms with Crippen LogP contribution in [0.3, 0.4) is 0 Å². The zero-order valence-electron chi connectivity index (χ0n) is 23.1. The van der Waals surface area contributed by atoms with Crippen LogP contribution in [0.1, 0.15) is 47.9 Å². The van der Waals surface area contributed by atoms with Gasteiger partial charge in [0.25, 0.3) is 0 Å². The molecule has 3 aromatic rings. The van der Waals surface area contributed by atoms with Crippen LogP contribution >= 0.6 is 11.3 Å². The van der Waals surface area contributed by atoms with Crippen LogP contribution in [-0.2, 0) is 29.1 Å². The number of hydrogen-bond donors (Lipinski definition) is 1. The maximum atomic E-state index is 11.7. The zero-order chi connectivity index (χ0) is 27.3. The summed E-state index contributed by atoms with van der Waals surface area (Å²) < 4.78 is 12.0. The topological polar surface area (TPSA) is 75.1 Å². The highest BCUT2D eigenvalue weighted by molar-refractivity contribution is 7.14. The van der Waals surface area contributed by atoms with Crippen molar-refractivity contribution in [3.63, 3.8) is 0 Å². The lowest BCUT2D eigenvalue weighted by atomic mass is 9.95. The number of thiazole rings is 1. The molecule has 7 nitrogen and oxygen atoms in total. The molecule has 1 saturated carbocycles. The Morgan fingerprint density at radius 1 is 1.18 bits per heavy atom. The average Bonchev–Trinajstić information content (AvgIpc) is 3.54. The molecule has 1 aromatic heterocycles. The van der Waals surface area contributed by atoms with Gasteiger partial charge in [0.15, 0.2) is 5.13 Å². The molecule has 2 atom stereocenters. The second kappa shape index (κ2) is 10.5. The molecule has 0 radical (unpaired) electrons. The van der Waals surface area contributed by atoms with Gasteiger partial charge in [-0.05, 0) is 73.8 Å². The zero-order valence-corrected chi connectivity index (χ0v) is 23.9. The molecule has 4 heterocycles. The number of aliphatic carboxylic acids is 1. The van der Waals surface area contributed by atoms with Gasteiger partial charge in [0.05, 0.1) is 11.1 Å². The molecular weight excluding hydrogens is 522 g/mol. The molecule has 1 N–H and O–H groups in total. The summed E-state index contributed by atoms with van der Waals surface area (Å²) in [6, 6.07) is 13.8. The summed E-state index contributed by atoms with van der Waals surface area (Å²) in [5.41, 5.74) is 6.71. The van der Waals surface area contributed by atoms with Crippen molar-refractivity contribution in [1.82, 2.24) is 9.88 Å². The third kappa shape index (κ3) is 4.91. The van der Waals surface area contributed by atoms with Crippen molar-refractivity contribution in [2.75, 3.05) is 37.7 Å². The molecular formula is C32H37N3O4S. The van der Waals surface area contributed by atoms with Gasteiger partial charge < -0.3 is 19.5 Å². The molecule has 2 saturated heterocycles. The number of nitrogens with zero attached hydrogens (tertiary/aromatic N) is 3. The van der Waals surface area contributed by atoms with E-state index in [1.807, 2.05) is 0 Å². The van der Waals surface area contributed by atoms with E-state index in [4.69, 9.17) is 14.5 Å². The van der Waals surface area contributed by atoms with Gasteiger partial charge in [-0.25, -0.2) is 4.98 Å². The maximum Gasteiger partial charge on any atom is 0.310 e. The Hall–Kier alpha value is -2.94. The first kappa shape index (κ1) is 26.0. The van der Waals surface area contributed by atoms with Crippen molar-refractivity contribution in [2.24, 2.45) is 11.3 Å². The van der Waals surface area contributed by atoms with E-state index in [1.165, 1.54) is 22.3 Å². The molecule has 40 heavy (non-hydrogen) atoms. The fourth-order valence-corrected chi connectivity index (χ4v) is 7.77. The molecule has 210 valence electrons. The molecule has 0 unspecified atom stereocenters. The smallest absolute Gasteiger partial charge is 0.310 e. The molecule has 1 aliphatic carbocycles. The van der Waals surface area contributed by atoms with Gasteiger partial charge in [0.2, 0.25) is 0 Å². The number of fused-ring (bicyclic) bond motifs is 2. The van der Waals surface area contributed by atoms with E-state index in [2.05, 4.69) is 58.5 Å². The van der Waals surface area contributed by atoms with Crippen molar-refractivity contribution < 1.29 is 19.4 Å². The van der Waals surface area contributed by atoms with E-state index in [0.29, 0.717) is 19.1 Å². The summed E-state index contributed by atoms with van der Waals surface area (Å²) in [7, 11) is 0. The standard InChI is InChI=1S/C32H37N3O4S/c1-21-2-5-29(27(14-21)28-20-40-31(33-28)35-11-9-32(30(36)37)16-25(32)18-35)39-19-22-3-4-24-17-34(10-6-23(24)15-22)26-7-12-38-13-8-26/h2-5,14-15,20,25-26H,6-13,16-19H2,1H3,(H,36,37)/t25-,32+/m0/s1. The summed E-state index contributed by atoms with van der Waals surface area (Å²) in [6.07, 6.45) is 4.87. The van der Waals surface area contributed by atoms with E-state index in [-0.39, 0.29) is 5.92 Å². The molecule has 0 bridgehead atoms. The van der Waals surface area contributed by atoms with Crippen molar-refractivity contribution in [3.05, 3.63) is 64.0 Å². The Balaban J connectivity index is 1.03. The monoisotopic (exact) mass is 559 g/mol. The van der Waals surface area contributed by atoms with E-state index < -0.39 is 11.4 Å². The van der Waals surface area contributed by atoms with Crippen LogP contribution in [0.4, 0.5) is 5.13 Å². The average molecular weight is 560 g/mol. The second-order valence-corrected chi connectivity index (χ2v) is 12.9. The van der Waals surface area contributed by atoms with Crippen molar-refractivity contribution >= 4 is 22.4 Å². The third-order valence-corrected chi connectivity index (χ3v) is 10.4. The van der Waals surface area contributed by atoms with Gasteiger partial charge in [-0.15, -0.1) is 11.3 Å². The lowest BCUT2D eigenvalue weighted by Crippen LogP contribution is -2.42. The quantitative estimate of drug-likeness (QED) is 0.408. The maximum absolute atomic E-state index is 11.7. The summed E-state index contributed by atoms with van der Waals surface area (Å²) in [5, 5.41) is 12.7. The van der Waals surface area contributed by atoms with E-state index in [9.17, 15) is 9.90 Å². The number of carboxylic acid groups (broad SMARTS) is 1. The highest BCUT2D eigenvalue weighted by Gasteiger charge is 2.62. The summed E-state index contributed by atoms with van der Waals surface area (Å²) in [5.74, 6) is 0.455. The number of piperidine rings is 1. The minimum atomic E-state index is -0.630. The molecule has 0 amide bonds. The SMILES string of the molecule is Cc1ccc(OCc2ccc3c(c2)CCN(C2CCOCC2)C3)c(-c2csc(N3CC[C@@]4(C(=O)O)C[C@H]4C3)n2)c1. The van der Waals surface area contributed by atoms with Gasteiger partial charge >= 0.3 is 5.97 Å². The predicted molar refractivity (Wildman–Crippen MR) is 156 cm³/mol. The Morgan fingerprint density at radius 3 is 2.88 bits per heavy atom. The van der Waals surface area contributed by atoms with Gasteiger partial charge in [0.1, 0.15) is 12.4 Å². The summed E-state index contributed by atoms with van der Waals surface area (Å²) in [4.78, 5) is 21.6. The predicted octanol–water partition coefficient (Wildman–Crippen LogP) is 5.54. The number of aromatic nitrogens is 1. The van der Waals surface area contributed by atoms with Gasteiger partial charge in [-0.1, -0.05) is 29.8 Å². The van der Waals surface area contributed by atoms with Gasteiger partial charge in [-0.2, -0.15) is 0 Å². The number of rotatable bonds is 7. The van der Waals surface area contributed by atoms with E-state index in [0.717, 1.165) is 87.2 Å². The Morgan fingerprint density at radius 2 is 2.05 bits per heavy atom. The third-order valence-electron chi connectivity index (χ3n) is 9.51. The van der Waals surface area contributed by atoms with Crippen LogP contribution in [0, 0.1) is 18.3 Å². The minimum absolute atomic E-state index is 0.241. The lowest BCUT2D eigenvalue weighted by Gasteiger charge is -2.37. The highest BCUT2D eigenvalue weighted by atomic mass is 32.1. The lowest BCUT2D eigenvalue weighted by molar-refractivity contribution is -0.144. The Bertz CT molecular complexity index is 1420. The first-order valence-corrected chi connectivity index (χ1v) is 15.5. The number of hydrogen-bond acceptors (Lipinski definition) is 7. The van der Waals surface area contributed by atoms with Crippen molar-refractivity contribution in [2.45, 2.75) is 58.2 Å². The molecule has 7 rings (SSSR count). The normalized spacial score (nSPS) is 24.8.